The normalized spacial score (nSPS) is 13.5. The van der Waals surface area contributed by atoms with Crippen molar-refractivity contribution in [1.29, 1.82) is 0 Å². The zero-order valence-electron chi connectivity index (χ0n) is 20.5. The third-order valence-electron chi connectivity index (χ3n) is 6.30. The van der Waals surface area contributed by atoms with E-state index >= 15 is 0 Å². The van der Waals surface area contributed by atoms with Crippen LogP contribution in [0.2, 0.25) is 12.1 Å². The maximum atomic E-state index is 6.52. The molecule has 0 aliphatic rings. The fraction of sp³-hybridized carbons (Fsp3) is 0.226. The predicted molar refractivity (Wildman–Crippen MR) is 152 cm³/mol. The summed E-state index contributed by atoms with van der Waals surface area (Å²) in [7, 11) is -1.15. The van der Waals surface area contributed by atoms with Crippen molar-refractivity contribution in [2.24, 2.45) is 0 Å². The van der Waals surface area contributed by atoms with E-state index in [1.54, 1.807) is 0 Å². The summed E-state index contributed by atoms with van der Waals surface area (Å²) in [5.41, 5.74) is 5.24. The van der Waals surface area contributed by atoms with E-state index in [9.17, 15) is 0 Å². The van der Waals surface area contributed by atoms with Gasteiger partial charge in [0.1, 0.15) is 0 Å². The smallest absolute Gasteiger partial charge is 0.162 e. The molecule has 2 nitrogen and oxygen atoms in total. The Morgan fingerprint density at radius 2 is 0.800 bits per heavy atom. The molecule has 2 unspecified atom stereocenters. The topological polar surface area (TPSA) is 18.5 Å². The van der Waals surface area contributed by atoms with Gasteiger partial charge in [-0.1, -0.05) is 128 Å². The summed E-state index contributed by atoms with van der Waals surface area (Å²) in [4.78, 5) is 0. The Kier molecular flexibility index (Phi) is 10.6. The van der Waals surface area contributed by atoms with Gasteiger partial charge in [-0.05, 0) is 34.3 Å². The van der Waals surface area contributed by atoms with E-state index in [-0.39, 0.29) is 12.2 Å². The Balaban J connectivity index is 1.22. The van der Waals surface area contributed by atoms with E-state index < -0.39 is 19.5 Å². The van der Waals surface area contributed by atoms with Crippen molar-refractivity contribution in [3.63, 3.8) is 0 Å². The number of benzene rings is 4. The molecule has 0 amide bonds. The molecule has 0 fully saturated rings. The first-order valence-electron chi connectivity index (χ1n) is 12.8. The third-order valence-corrected chi connectivity index (χ3v) is 9.15. The van der Waals surface area contributed by atoms with Crippen molar-refractivity contribution in [3.05, 3.63) is 144 Å². The molecule has 0 spiro atoms. The quantitative estimate of drug-likeness (QED) is 0.149. The minimum atomic E-state index is -0.574. The molecular weight excluding hydrogens is 461 g/mol. The lowest BCUT2D eigenvalue weighted by Crippen LogP contribution is -2.12. The van der Waals surface area contributed by atoms with E-state index in [0.717, 1.165) is 12.8 Å². The molecule has 0 saturated heterocycles. The van der Waals surface area contributed by atoms with Gasteiger partial charge in [0.05, 0.1) is 12.2 Å². The molecule has 180 valence electrons. The fourth-order valence-electron chi connectivity index (χ4n) is 4.37. The maximum absolute atomic E-state index is 6.52. The van der Waals surface area contributed by atoms with E-state index in [2.05, 4.69) is 121 Å². The maximum Gasteiger partial charge on any atom is 0.162 e. The Hall–Kier alpha value is -2.77. The summed E-state index contributed by atoms with van der Waals surface area (Å²) in [5.74, 6) is 0. The summed E-state index contributed by atoms with van der Waals surface area (Å²) in [6.07, 6.45) is 3.42. The van der Waals surface area contributed by atoms with Crippen molar-refractivity contribution in [2.75, 3.05) is 0 Å². The SMILES string of the molecule is c1ccc(CC(O[SiH2]CCC[SiH2]OC(Cc2ccccc2)c2ccccc2)c2ccccc2)cc1. The lowest BCUT2D eigenvalue weighted by atomic mass is 10.0. The highest BCUT2D eigenvalue weighted by atomic mass is 28.2. The van der Waals surface area contributed by atoms with Gasteiger partial charge in [0.2, 0.25) is 0 Å². The van der Waals surface area contributed by atoms with Gasteiger partial charge in [-0.2, -0.15) is 0 Å². The molecule has 0 aromatic heterocycles. The minimum Gasteiger partial charge on any atom is -0.417 e. The van der Waals surface area contributed by atoms with Gasteiger partial charge in [0, 0.05) is 12.8 Å². The van der Waals surface area contributed by atoms with Gasteiger partial charge in [-0.15, -0.1) is 0 Å². The molecular formula is C31H36O2Si2. The van der Waals surface area contributed by atoms with E-state index in [1.807, 2.05) is 0 Å². The average molecular weight is 497 g/mol. The molecule has 0 aliphatic carbocycles. The molecule has 0 N–H and O–H groups in total. The summed E-state index contributed by atoms with van der Waals surface area (Å²) < 4.78 is 13.0. The summed E-state index contributed by atoms with van der Waals surface area (Å²) in [6, 6.07) is 45.2. The first-order valence-corrected chi connectivity index (χ1v) is 15.9. The standard InChI is InChI=1S/C31H36O2Si2/c1-5-14-26(15-6-1)24-30(28-18-9-3-10-19-28)32-34-22-13-23-35-33-31(29-20-11-4-12-21-29)25-27-16-7-2-8-17-27/h1-12,14-21,30-31H,13,22-25,34-35H2. The van der Waals surface area contributed by atoms with Gasteiger partial charge in [0.25, 0.3) is 0 Å². The largest absolute Gasteiger partial charge is 0.417 e. The predicted octanol–water partition coefficient (Wildman–Crippen LogP) is 6.38. The van der Waals surface area contributed by atoms with Crippen LogP contribution < -0.4 is 0 Å². The second-order valence-electron chi connectivity index (χ2n) is 8.98. The lowest BCUT2D eigenvalue weighted by Gasteiger charge is -2.20. The van der Waals surface area contributed by atoms with E-state index in [4.69, 9.17) is 8.85 Å². The minimum absolute atomic E-state index is 0.159. The van der Waals surface area contributed by atoms with Crippen molar-refractivity contribution >= 4 is 19.5 Å². The molecule has 0 heterocycles. The first-order chi connectivity index (χ1) is 17.4. The molecule has 4 aromatic carbocycles. The molecule has 4 aromatic rings. The lowest BCUT2D eigenvalue weighted by molar-refractivity contribution is 0.214. The number of rotatable bonds is 14. The van der Waals surface area contributed by atoms with Crippen molar-refractivity contribution in [2.45, 2.75) is 43.6 Å². The first kappa shape index (κ1) is 25.3. The number of hydrogen-bond acceptors (Lipinski definition) is 2. The van der Waals surface area contributed by atoms with Gasteiger partial charge < -0.3 is 8.85 Å². The Morgan fingerprint density at radius 1 is 0.457 bits per heavy atom. The van der Waals surface area contributed by atoms with Crippen LogP contribution in [-0.2, 0) is 21.7 Å². The summed E-state index contributed by atoms with van der Waals surface area (Å²) >= 11 is 0. The van der Waals surface area contributed by atoms with Crippen molar-refractivity contribution in [1.82, 2.24) is 0 Å². The second kappa shape index (κ2) is 14.6. The zero-order chi connectivity index (χ0) is 24.0. The van der Waals surface area contributed by atoms with Gasteiger partial charge >= 0.3 is 0 Å². The van der Waals surface area contributed by atoms with Crippen LogP contribution in [0.15, 0.2) is 121 Å². The molecule has 2 atom stereocenters. The van der Waals surface area contributed by atoms with Crippen LogP contribution in [0.4, 0.5) is 0 Å². The van der Waals surface area contributed by atoms with Crippen molar-refractivity contribution < 1.29 is 8.85 Å². The Labute approximate surface area is 215 Å². The Morgan fingerprint density at radius 3 is 1.17 bits per heavy atom. The van der Waals surface area contributed by atoms with Crippen molar-refractivity contribution in [3.8, 4) is 0 Å². The van der Waals surface area contributed by atoms with Crippen LogP contribution in [0.1, 0.15) is 40.9 Å². The second-order valence-corrected chi connectivity index (χ2v) is 11.9. The van der Waals surface area contributed by atoms with Crippen LogP contribution in [0.3, 0.4) is 0 Å². The number of hydrogen-bond donors (Lipinski definition) is 0. The molecule has 4 heteroatoms. The zero-order valence-corrected chi connectivity index (χ0v) is 23.3. The van der Waals surface area contributed by atoms with E-state index in [0.29, 0.717) is 0 Å². The highest BCUT2D eigenvalue weighted by molar-refractivity contribution is 6.29. The molecule has 0 radical (unpaired) electrons. The summed E-state index contributed by atoms with van der Waals surface area (Å²) in [6.45, 7) is 0. The monoisotopic (exact) mass is 496 g/mol. The molecule has 35 heavy (non-hydrogen) atoms. The average Bonchev–Trinajstić information content (AvgIpc) is 2.93. The highest BCUT2D eigenvalue weighted by Gasteiger charge is 2.14. The van der Waals surface area contributed by atoms with Crippen LogP contribution >= 0.6 is 0 Å². The van der Waals surface area contributed by atoms with Crippen LogP contribution in [0.25, 0.3) is 0 Å². The van der Waals surface area contributed by atoms with Crippen LogP contribution in [0.5, 0.6) is 0 Å². The molecule has 0 saturated carbocycles. The summed E-state index contributed by atoms with van der Waals surface area (Å²) in [5, 5.41) is 0. The molecule has 0 aliphatic heterocycles. The fourth-order valence-corrected chi connectivity index (χ4v) is 7.72. The van der Waals surface area contributed by atoms with Gasteiger partial charge in [0.15, 0.2) is 19.5 Å². The Bertz CT molecular complexity index is 987. The van der Waals surface area contributed by atoms with Gasteiger partial charge in [-0.3, -0.25) is 0 Å². The molecule has 4 rings (SSSR count). The highest BCUT2D eigenvalue weighted by Crippen LogP contribution is 2.24. The third kappa shape index (κ3) is 8.75. The van der Waals surface area contributed by atoms with Crippen LogP contribution in [0, 0.1) is 0 Å². The van der Waals surface area contributed by atoms with E-state index in [1.165, 1.54) is 40.8 Å². The van der Waals surface area contributed by atoms with Gasteiger partial charge in [-0.25, -0.2) is 0 Å². The van der Waals surface area contributed by atoms with Crippen LogP contribution in [-0.4, -0.2) is 19.5 Å². The molecule has 0 bridgehead atoms.